The van der Waals surface area contributed by atoms with Crippen LogP contribution in [0, 0.1) is 0 Å². The minimum Gasteiger partial charge on any atom is -0.368 e. The number of hydrazine groups is 1. The van der Waals surface area contributed by atoms with Gasteiger partial charge in [-0.1, -0.05) is 0 Å². The van der Waals surface area contributed by atoms with Crippen molar-refractivity contribution in [2.75, 3.05) is 6.54 Å². The maximum atomic E-state index is 10.5. The third kappa shape index (κ3) is 1.20. The van der Waals surface area contributed by atoms with E-state index in [-0.39, 0.29) is 11.9 Å². The fourth-order valence-electron chi connectivity index (χ4n) is 1.09. The van der Waals surface area contributed by atoms with Gasteiger partial charge in [-0.05, 0) is 12.8 Å². The van der Waals surface area contributed by atoms with Crippen molar-refractivity contribution in [1.29, 1.82) is 0 Å². The van der Waals surface area contributed by atoms with Gasteiger partial charge in [0.25, 0.3) is 0 Å². The second-order valence-electron chi connectivity index (χ2n) is 2.30. The quantitative estimate of drug-likeness (QED) is 0.437. The SMILES string of the molecule is NC(=O)[C@H]1CCCN1N. The monoisotopic (exact) mass is 129 g/mol. The number of rotatable bonds is 1. The van der Waals surface area contributed by atoms with Gasteiger partial charge in [0.15, 0.2) is 0 Å². The topological polar surface area (TPSA) is 72.4 Å². The van der Waals surface area contributed by atoms with E-state index in [0.29, 0.717) is 0 Å². The molecule has 0 unspecified atom stereocenters. The molecule has 4 heteroatoms. The molecule has 1 rings (SSSR count). The minimum atomic E-state index is -0.310. The van der Waals surface area contributed by atoms with Crippen LogP contribution in [0.3, 0.4) is 0 Å². The summed E-state index contributed by atoms with van der Waals surface area (Å²) in [6.45, 7) is 0.785. The second-order valence-corrected chi connectivity index (χ2v) is 2.30. The summed E-state index contributed by atoms with van der Waals surface area (Å²) in [4.78, 5) is 10.5. The number of primary amides is 1. The molecular weight excluding hydrogens is 118 g/mol. The molecule has 0 aromatic rings. The molecule has 0 saturated carbocycles. The highest BCUT2D eigenvalue weighted by Gasteiger charge is 2.25. The summed E-state index contributed by atoms with van der Waals surface area (Å²) >= 11 is 0. The molecule has 0 spiro atoms. The van der Waals surface area contributed by atoms with E-state index in [2.05, 4.69) is 0 Å². The molecule has 4 N–H and O–H groups in total. The molecule has 1 aliphatic rings. The third-order valence-corrected chi connectivity index (χ3v) is 1.62. The van der Waals surface area contributed by atoms with Crippen LogP contribution in [-0.2, 0) is 4.79 Å². The predicted octanol–water partition coefficient (Wildman–Crippen LogP) is -1.19. The van der Waals surface area contributed by atoms with Gasteiger partial charge in [0, 0.05) is 6.54 Å². The van der Waals surface area contributed by atoms with Crippen LogP contribution in [-0.4, -0.2) is 23.5 Å². The maximum Gasteiger partial charge on any atom is 0.236 e. The van der Waals surface area contributed by atoms with Crippen molar-refractivity contribution in [3.05, 3.63) is 0 Å². The Morgan fingerprint density at radius 2 is 2.33 bits per heavy atom. The highest BCUT2D eigenvalue weighted by atomic mass is 16.1. The average molecular weight is 129 g/mol. The van der Waals surface area contributed by atoms with Crippen molar-refractivity contribution < 1.29 is 4.79 Å². The highest BCUT2D eigenvalue weighted by Crippen LogP contribution is 2.11. The summed E-state index contributed by atoms with van der Waals surface area (Å²) in [7, 11) is 0. The molecule has 1 fully saturated rings. The third-order valence-electron chi connectivity index (χ3n) is 1.62. The molecular formula is C5H11N3O. The summed E-state index contributed by atoms with van der Waals surface area (Å²) in [6, 6.07) is -0.218. The van der Waals surface area contributed by atoms with Crippen molar-refractivity contribution in [3.63, 3.8) is 0 Å². The van der Waals surface area contributed by atoms with E-state index in [1.54, 1.807) is 0 Å². The molecule has 4 nitrogen and oxygen atoms in total. The normalized spacial score (nSPS) is 28.8. The Labute approximate surface area is 53.8 Å². The van der Waals surface area contributed by atoms with E-state index in [0.717, 1.165) is 19.4 Å². The molecule has 1 aliphatic heterocycles. The van der Waals surface area contributed by atoms with Gasteiger partial charge in [-0.15, -0.1) is 0 Å². The van der Waals surface area contributed by atoms with E-state index in [1.165, 1.54) is 5.01 Å². The second kappa shape index (κ2) is 2.33. The number of nitrogens with zero attached hydrogens (tertiary/aromatic N) is 1. The molecule has 9 heavy (non-hydrogen) atoms. The fraction of sp³-hybridized carbons (Fsp3) is 0.800. The number of nitrogens with two attached hydrogens (primary N) is 2. The molecule has 0 aromatic carbocycles. The number of carbonyl (C=O) groups is 1. The Balaban J connectivity index is 2.49. The van der Waals surface area contributed by atoms with E-state index in [9.17, 15) is 4.79 Å². The Kier molecular flexibility index (Phi) is 1.68. The Hall–Kier alpha value is -0.610. The molecule has 0 radical (unpaired) electrons. The molecule has 0 aromatic heterocycles. The van der Waals surface area contributed by atoms with E-state index in [1.807, 2.05) is 0 Å². The first kappa shape index (κ1) is 6.51. The lowest BCUT2D eigenvalue weighted by Gasteiger charge is -2.13. The first-order chi connectivity index (χ1) is 4.22. The first-order valence-electron chi connectivity index (χ1n) is 3.02. The predicted molar refractivity (Wildman–Crippen MR) is 33.1 cm³/mol. The fourth-order valence-corrected chi connectivity index (χ4v) is 1.09. The molecule has 0 aliphatic carbocycles. The van der Waals surface area contributed by atoms with Crippen LogP contribution in [0.5, 0.6) is 0 Å². The largest absolute Gasteiger partial charge is 0.368 e. The average Bonchev–Trinajstić information content (AvgIpc) is 2.13. The van der Waals surface area contributed by atoms with Gasteiger partial charge in [-0.2, -0.15) is 0 Å². The zero-order valence-electron chi connectivity index (χ0n) is 5.21. The van der Waals surface area contributed by atoms with E-state index < -0.39 is 0 Å². The van der Waals surface area contributed by atoms with Crippen molar-refractivity contribution in [1.82, 2.24) is 5.01 Å². The van der Waals surface area contributed by atoms with Gasteiger partial charge in [0.2, 0.25) is 5.91 Å². The van der Waals surface area contributed by atoms with Crippen LogP contribution < -0.4 is 11.6 Å². The minimum absolute atomic E-state index is 0.218. The van der Waals surface area contributed by atoms with Crippen LogP contribution in [0.1, 0.15) is 12.8 Å². The standard InChI is InChI=1S/C5H11N3O/c6-5(9)4-2-1-3-8(4)7/h4H,1-3,7H2,(H2,6,9)/t4-/m1/s1. The molecule has 1 atom stereocenters. The molecule has 1 saturated heterocycles. The van der Waals surface area contributed by atoms with Gasteiger partial charge >= 0.3 is 0 Å². The van der Waals surface area contributed by atoms with Crippen molar-refractivity contribution in [2.24, 2.45) is 11.6 Å². The highest BCUT2D eigenvalue weighted by molar-refractivity contribution is 5.79. The Morgan fingerprint density at radius 1 is 1.67 bits per heavy atom. The lowest BCUT2D eigenvalue weighted by molar-refractivity contribution is -0.122. The summed E-state index contributed by atoms with van der Waals surface area (Å²) in [5.74, 6) is 5.10. The first-order valence-corrected chi connectivity index (χ1v) is 3.02. The number of hydrogen-bond donors (Lipinski definition) is 2. The number of amides is 1. The van der Waals surface area contributed by atoms with Gasteiger partial charge < -0.3 is 5.73 Å². The van der Waals surface area contributed by atoms with Crippen LogP contribution in [0.2, 0.25) is 0 Å². The van der Waals surface area contributed by atoms with E-state index in [4.69, 9.17) is 11.6 Å². The lowest BCUT2D eigenvalue weighted by atomic mass is 10.2. The van der Waals surface area contributed by atoms with Gasteiger partial charge in [-0.3, -0.25) is 10.6 Å². The maximum absolute atomic E-state index is 10.5. The Bertz CT molecular complexity index is 125. The van der Waals surface area contributed by atoms with Crippen molar-refractivity contribution in [3.8, 4) is 0 Å². The summed E-state index contributed by atoms with van der Waals surface area (Å²) in [5.41, 5.74) is 5.03. The molecule has 1 amide bonds. The molecule has 1 heterocycles. The van der Waals surface area contributed by atoms with Crippen LogP contribution >= 0.6 is 0 Å². The van der Waals surface area contributed by atoms with Crippen LogP contribution in [0.15, 0.2) is 0 Å². The molecule has 0 bridgehead atoms. The van der Waals surface area contributed by atoms with Crippen molar-refractivity contribution >= 4 is 5.91 Å². The summed E-state index contributed by atoms with van der Waals surface area (Å²) in [5, 5.41) is 1.50. The zero-order chi connectivity index (χ0) is 6.85. The van der Waals surface area contributed by atoms with Gasteiger partial charge in [0.1, 0.15) is 6.04 Å². The lowest BCUT2D eigenvalue weighted by Crippen LogP contribution is -2.44. The summed E-state index contributed by atoms with van der Waals surface area (Å²) < 4.78 is 0. The molecule has 52 valence electrons. The van der Waals surface area contributed by atoms with Gasteiger partial charge in [0.05, 0.1) is 0 Å². The van der Waals surface area contributed by atoms with E-state index >= 15 is 0 Å². The van der Waals surface area contributed by atoms with Crippen LogP contribution in [0.4, 0.5) is 0 Å². The Morgan fingerprint density at radius 3 is 2.56 bits per heavy atom. The van der Waals surface area contributed by atoms with Gasteiger partial charge in [-0.25, -0.2) is 5.01 Å². The van der Waals surface area contributed by atoms with Crippen molar-refractivity contribution in [2.45, 2.75) is 18.9 Å². The number of hydrogen-bond acceptors (Lipinski definition) is 3. The smallest absolute Gasteiger partial charge is 0.236 e. The summed E-state index contributed by atoms with van der Waals surface area (Å²) in [6.07, 6.45) is 1.79. The van der Waals surface area contributed by atoms with Crippen LogP contribution in [0.25, 0.3) is 0 Å². The number of carbonyl (C=O) groups excluding carboxylic acids is 1. The zero-order valence-corrected chi connectivity index (χ0v) is 5.21.